The van der Waals surface area contributed by atoms with E-state index in [1.54, 1.807) is 16.4 Å². The number of hydrogen-bond acceptors (Lipinski definition) is 9. The predicted molar refractivity (Wildman–Crippen MR) is 161 cm³/mol. The zero-order chi connectivity index (χ0) is 29.3. The van der Waals surface area contributed by atoms with Crippen LogP contribution in [-0.2, 0) is 29.4 Å². The molecule has 0 aliphatic heterocycles. The lowest BCUT2D eigenvalue weighted by molar-refractivity contribution is -0.113. The molecule has 3 heterocycles. The molecule has 0 radical (unpaired) electrons. The second-order valence-electron chi connectivity index (χ2n) is 9.89. The van der Waals surface area contributed by atoms with Crippen LogP contribution in [0, 0.1) is 6.92 Å². The maximum atomic E-state index is 13.2. The van der Waals surface area contributed by atoms with E-state index < -0.39 is 5.97 Å². The number of thioether (sulfide) groups is 1. The van der Waals surface area contributed by atoms with Crippen molar-refractivity contribution in [3.05, 3.63) is 51.0 Å². The van der Waals surface area contributed by atoms with Gasteiger partial charge in [-0.1, -0.05) is 35.5 Å². The van der Waals surface area contributed by atoms with Gasteiger partial charge in [0.05, 0.1) is 40.9 Å². The fraction of sp³-hybridized carbons (Fsp3) is 0.393. The molecular formula is C28H31ClN6O4S2. The maximum absolute atomic E-state index is 13.2. The molecule has 10 nitrogen and oxygen atoms in total. The summed E-state index contributed by atoms with van der Waals surface area (Å²) in [6.07, 6.45) is 3.52. The number of aryl methyl sites for hydroxylation is 2. The third-order valence-electron chi connectivity index (χ3n) is 6.74. The van der Waals surface area contributed by atoms with E-state index in [-0.39, 0.29) is 17.8 Å². The van der Waals surface area contributed by atoms with Gasteiger partial charge in [-0.05, 0) is 64.2 Å². The molecule has 0 unspecified atom stereocenters. The van der Waals surface area contributed by atoms with Crippen LogP contribution in [0.5, 0.6) is 5.75 Å². The van der Waals surface area contributed by atoms with Crippen molar-refractivity contribution in [3.63, 3.8) is 0 Å². The summed E-state index contributed by atoms with van der Waals surface area (Å²) in [5.41, 5.74) is 3.42. The van der Waals surface area contributed by atoms with Crippen molar-refractivity contribution in [2.45, 2.75) is 57.7 Å². The van der Waals surface area contributed by atoms with Crippen LogP contribution in [0.3, 0.4) is 0 Å². The summed E-state index contributed by atoms with van der Waals surface area (Å²) in [7, 11) is 3.39. The third kappa shape index (κ3) is 5.86. The van der Waals surface area contributed by atoms with Gasteiger partial charge in [0.2, 0.25) is 5.91 Å². The van der Waals surface area contributed by atoms with Gasteiger partial charge in [0.25, 0.3) is 0 Å². The third-order valence-corrected chi connectivity index (χ3v) is 9.32. The Bertz CT molecular complexity index is 1610. The van der Waals surface area contributed by atoms with Crippen LogP contribution in [0.1, 0.15) is 53.2 Å². The Morgan fingerprint density at radius 3 is 2.66 bits per heavy atom. The standard InChI is InChI=1S/C28H31ClN6O4S2/c1-15(2)39-27(37)22-17-10-6-9-13-20(17)41-26(22)30-21(36)14-40-28-32-31-25(24-23(29)16(3)34(4)33-24)35(28)18-11-7-8-12-19(18)38-5/h7-8,11-12,15H,6,9-10,13-14H2,1-5H3,(H,30,36). The molecule has 1 aliphatic carbocycles. The van der Waals surface area contributed by atoms with Crippen molar-refractivity contribution in [1.82, 2.24) is 24.5 Å². The fourth-order valence-electron chi connectivity index (χ4n) is 4.71. The summed E-state index contributed by atoms with van der Waals surface area (Å²) in [6.45, 7) is 5.50. The molecule has 13 heteroatoms. The molecule has 3 aromatic heterocycles. The van der Waals surface area contributed by atoms with Gasteiger partial charge in [0.15, 0.2) is 11.0 Å². The highest BCUT2D eigenvalue weighted by Crippen LogP contribution is 2.39. The Kier molecular flexibility index (Phi) is 8.71. The van der Waals surface area contributed by atoms with Crippen molar-refractivity contribution in [2.75, 3.05) is 18.2 Å². The molecular weight excluding hydrogens is 584 g/mol. The smallest absolute Gasteiger partial charge is 0.341 e. The van der Waals surface area contributed by atoms with Gasteiger partial charge in [-0.25, -0.2) is 4.79 Å². The average Bonchev–Trinajstić information content (AvgIpc) is 3.61. The minimum atomic E-state index is -0.398. The van der Waals surface area contributed by atoms with Crippen LogP contribution in [0.15, 0.2) is 29.4 Å². The van der Waals surface area contributed by atoms with Gasteiger partial charge < -0.3 is 14.8 Å². The number of para-hydroxylation sites is 2. The summed E-state index contributed by atoms with van der Waals surface area (Å²) in [5, 5.41) is 17.8. The molecule has 4 aromatic rings. The van der Waals surface area contributed by atoms with Crippen molar-refractivity contribution >= 4 is 51.6 Å². The van der Waals surface area contributed by atoms with Crippen LogP contribution in [0.25, 0.3) is 17.2 Å². The van der Waals surface area contributed by atoms with Gasteiger partial charge in [-0.2, -0.15) is 5.10 Å². The minimum absolute atomic E-state index is 0.0312. The van der Waals surface area contributed by atoms with E-state index in [0.29, 0.717) is 43.7 Å². The highest BCUT2D eigenvalue weighted by molar-refractivity contribution is 7.99. The summed E-state index contributed by atoms with van der Waals surface area (Å²) in [6, 6.07) is 7.46. The highest BCUT2D eigenvalue weighted by Gasteiger charge is 2.29. The topological polar surface area (TPSA) is 113 Å². The number of benzene rings is 1. The van der Waals surface area contributed by atoms with Crippen LogP contribution in [0.2, 0.25) is 5.02 Å². The molecule has 5 rings (SSSR count). The van der Waals surface area contributed by atoms with E-state index in [0.717, 1.165) is 41.8 Å². The van der Waals surface area contributed by atoms with Crippen LogP contribution in [-0.4, -0.2) is 55.4 Å². The number of ether oxygens (including phenoxy) is 2. The molecule has 1 amide bonds. The van der Waals surface area contributed by atoms with Crippen molar-refractivity contribution < 1.29 is 19.1 Å². The largest absolute Gasteiger partial charge is 0.495 e. The van der Waals surface area contributed by atoms with E-state index in [1.165, 1.54) is 23.1 Å². The first kappa shape index (κ1) is 29.2. The summed E-state index contributed by atoms with van der Waals surface area (Å²) >= 11 is 9.30. The molecule has 41 heavy (non-hydrogen) atoms. The first-order chi connectivity index (χ1) is 19.7. The molecule has 0 saturated carbocycles. The van der Waals surface area contributed by atoms with Gasteiger partial charge in [0.1, 0.15) is 16.4 Å². The number of anilines is 1. The molecule has 0 saturated heterocycles. The second-order valence-corrected chi connectivity index (χ2v) is 12.3. The van der Waals surface area contributed by atoms with Crippen LogP contribution >= 0.6 is 34.7 Å². The minimum Gasteiger partial charge on any atom is -0.495 e. The summed E-state index contributed by atoms with van der Waals surface area (Å²) in [4.78, 5) is 27.4. The van der Waals surface area contributed by atoms with E-state index in [2.05, 4.69) is 20.6 Å². The molecule has 1 aromatic carbocycles. The number of rotatable bonds is 9. The van der Waals surface area contributed by atoms with Crippen molar-refractivity contribution in [3.8, 4) is 23.0 Å². The fourth-order valence-corrected chi connectivity index (χ4v) is 6.99. The van der Waals surface area contributed by atoms with Gasteiger partial charge in [-0.3, -0.25) is 14.0 Å². The number of nitrogens with one attached hydrogen (secondary N) is 1. The van der Waals surface area contributed by atoms with Crippen LogP contribution < -0.4 is 10.1 Å². The monoisotopic (exact) mass is 614 g/mol. The van der Waals surface area contributed by atoms with E-state index in [1.807, 2.05) is 52.1 Å². The van der Waals surface area contributed by atoms with Crippen molar-refractivity contribution in [2.24, 2.45) is 7.05 Å². The Morgan fingerprint density at radius 1 is 1.20 bits per heavy atom. The summed E-state index contributed by atoms with van der Waals surface area (Å²) < 4.78 is 14.6. The number of fused-ring (bicyclic) bond motifs is 1. The van der Waals surface area contributed by atoms with E-state index >= 15 is 0 Å². The quantitative estimate of drug-likeness (QED) is 0.184. The zero-order valence-corrected chi connectivity index (χ0v) is 25.9. The van der Waals surface area contributed by atoms with Crippen LogP contribution in [0.4, 0.5) is 5.00 Å². The number of esters is 1. The highest BCUT2D eigenvalue weighted by atomic mass is 35.5. The Labute approximate surface area is 251 Å². The van der Waals surface area contributed by atoms with Crippen molar-refractivity contribution in [1.29, 1.82) is 0 Å². The number of thiophene rings is 1. The SMILES string of the molecule is COc1ccccc1-n1c(SCC(=O)Nc2sc3c(c2C(=O)OC(C)C)CCCC3)nnc1-c1nn(C)c(C)c1Cl. The molecule has 0 spiro atoms. The number of halogens is 1. The number of nitrogens with zero attached hydrogens (tertiary/aromatic N) is 5. The Morgan fingerprint density at radius 2 is 1.95 bits per heavy atom. The zero-order valence-electron chi connectivity index (χ0n) is 23.5. The molecule has 0 atom stereocenters. The summed E-state index contributed by atoms with van der Waals surface area (Å²) in [5.74, 6) is 0.390. The molecule has 216 valence electrons. The molecule has 0 bridgehead atoms. The number of aromatic nitrogens is 5. The first-order valence-electron chi connectivity index (χ1n) is 13.3. The first-order valence-corrected chi connectivity index (χ1v) is 15.4. The maximum Gasteiger partial charge on any atom is 0.341 e. The number of hydrogen-bond donors (Lipinski definition) is 1. The average molecular weight is 615 g/mol. The van der Waals surface area contributed by atoms with Gasteiger partial charge >= 0.3 is 5.97 Å². The van der Waals surface area contributed by atoms with Gasteiger partial charge in [0, 0.05) is 11.9 Å². The number of methoxy groups -OCH3 is 1. The second kappa shape index (κ2) is 12.3. The number of amides is 1. The lowest BCUT2D eigenvalue weighted by atomic mass is 9.95. The molecule has 0 fully saturated rings. The van der Waals surface area contributed by atoms with E-state index in [9.17, 15) is 9.59 Å². The van der Waals surface area contributed by atoms with Gasteiger partial charge in [-0.15, -0.1) is 21.5 Å². The predicted octanol–water partition coefficient (Wildman–Crippen LogP) is 5.87. The molecule has 1 aliphatic rings. The Hall–Kier alpha value is -3.35. The van der Waals surface area contributed by atoms with E-state index in [4.69, 9.17) is 21.1 Å². The molecule has 1 N–H and O–H groups in total. The lowest BCUT2D eigenvalue weighted by Crippen LogP contribution is -2.19. The normalized spacial score (nSPS) is 12.9. The number of carbonyl (C=O) groups is 2. The Balaban J connectivity index is 1.44. The lowest BCUT2D eigenvalue weighted by Gasteiger charge is -2.14. The number of carbonyl (C=O) groups excluding carboxylic acids is 2.